The number of nitrogens with zero attached hydrogens (tertiary/aromatic N) is 2. The third-order valence-corrected chi connectivity index (χ3v) is 2.89. The second-order valence-electron chi connectivity index (χ2n) is 4.16. The molecule has 4 nitrogen and oxygen atoms in total. The molecular formula is C12H19ClN2O2. The Morgan fingerprint density at radius 1 is 1.59 bits per heavy atom. The minimum absolute atomic E-state index is 0.188. The topological polar surface area (TPSA) is 44.1 Å². The SMILES string of the molecule is CCOC(=O)CCC(Cl)c1cnn(C(C)C)c1. The van der Waals surface area contributed by atoms with Crippen molar-refractivity contribution in [3.05, 3.63) is 18.0 Å². The van der Waals surface area contributed by atoms with Gasteiger partial charge in [0.2, 0.25) is 0 Å². The van der Waals surface area contributed by atoms with Gasteiger partial charge in [-0.15, -0.1) is 11.6 Å². The highest BCUT2D eigenvalue weighted by molar-refractivity contribution is 6.20. The zero-order chi connectivity index (χ0) is 12.8. The van der Waals surface area contributed by atoms with Crippen LogP contribution in [-0.2, 0) is 9.53 Å². The first-order valence-electron chi connectivity index (χ1n) is 5.88. The van der Waals surface area contributed by atoms with Gasteiger partial charge in [0, 0.05) is 24.2 Å². The molecule has 0 aromatic carbocycles. The van der Waals surface area contributed by atoms with Crippen molar-refractivity contribution in [2.45, 2.75) is 45.0 Å². The number of carbonyl (C=O) groups is 1. The van der Waals surface area contributed by atoms with E-state index in [4.69, 9.17) is 16.3 Å². The molecule has 0 aliphatic heterocycles. The molecule has 1 aromatic heterocycles. The Kier molecular flexibility index (Phi) is 5.48. The van der Waals surface area contributed by atoms with Crippen LogP contribution in [0, 0.1) is 0 Å². The first-order chi connectivity index (χ1) is 8.04. The van der Waals surface area contributed by atoms with E-state index < -0.39 is 0 Å². The highest BCUT2D eigenvalue weighted by Gasteiger charge is 2.13. The van der Waals surface area contributed by atoms with E-state index in [1.807, 2.05) is 10.9 Å². The van der Waals surface area contributed by atoms with Gasteiger partial charge in [0.05, 0.1) is 18.2 Å². The van der Waals surface area contributed by atoms with E-state index in [0.29, 0.717) is 25.5 Å². The first-order valence-corrected chi connectivity index (χ1v) is 6.32. The molecule has 0 radical (unpaired) electrons. The molecule has 0 spiro atoms. The number of hydrogen-bond acceptors (Lipinski definition) is 3. The molecule has 0 bridgehead atoms. The van der Waals surface area contributed by atoms with Crippen molar-refractivity contribution >= 4 is 17.6 Å². The highest BCUT2D eigenvalue weighted by Crippen LogP contribution is 2.25. The van der Waals surface area contributed by atoms with Gasteiger partial charge in [0.15, 0.2) is 0 Å². The number of halogens is 1. The van der Waals surface area contributed by atoms with Crippen molar-refractivity contribution in [1.82, 2.24) is 9.78 Å². The van der Waals surface area contributed by atoms with Gasteiger partial charge in [-0.05, 0) is 27.2 Å². The number of aromatic nitrogens is 2. The molecule has 0 amide bonds. The fraction of sp³-hybridized carbons (Fsp3) is 0.667. The summed E-state index contributed by atoms with van der Waals surface area (Å²) in [6, 6.07) is 0.317. The van der Waals surface area contributed by atoms with Crippen LogP contribution in [0.4, 0.5) is 0 Å². The van der Waals surface area contributed by atoms with Crippen molar-refractivity contribution in [2.24, 2.45) is 0 Å². The summed E-state index contributed by atoms with van der Waals surface area (Å²) in [6.45, 7) is 6.32. The first kappa shape index (κ1) is 14.0. The summed E-state index contributed by atoms with van der Waals surface area (Å²) in [4.78, 5) is 11.2. The molecule has 96 valence electrons. The van der Waals surface area contributed by atoms with E-state index >= 15 is 0 Å². The normalized spacial score (nSPS) is 12.8. The lowest BCUT2D eigenvalue weighted by Crippen LogP contribution is -2.05. The molecular weight excluding hydrogens is 240 g/mol. The van der Waals surface area contributed by atoms with Crippen LogP contribution >= 0.6 is 11.6 Å². The van der Waals surface area contributed by atoms with Gasteiger partial charge in [0.25, 0.3) is 0 Å². The van der Waals surface area contributed by atoms with E-state index in [2.05, 4.69) is 18.9 Å². The molecule has 1 atom stereocenters. The Balaban J connectivity index is 2.46. The lowest BCUT2D eigenvalue weighted by Gasteiger charge is -2.07. The number of esters is 1. The van der Waals surface area contributed by atoms with E-state index in [0.717, 1.165) is 5.56 Å². The van der Waals surface area contributed by atoms with Crippen LogP contribution < -0.4 is 0 Å². The zero-order valence-corrected chi connectivity index (χ0v) is 11.3. The van der Waals surface area contributed by atoms with Gasteiger partial charge in [-0.3, -0.25) is 9.48 Å². The molecule has 0 N–H and O–H groups in total. The van der Waals surface area contributed by atoms with Gasteiger partial charge in [-0.1, -0.05) is 0 Å². The summed E-state index contributed by atoms with van der Waals surface area (Å²) in [5.74, 6) is -0.200. The maximum absolute atomic E-state index is 11.2. The van der Waals surface area contributed by atoms with Crippen LogP contribution in [0.25, 0.3) is 0 Å². The molecule has 1 rings (SSSR count). The minimum Gasteiger partial charge on any atom is -0.466 e. The van der Waals surface area contributed by atoms with Gasteiger partial charge >= 0.3 is 5.97 Å². The van der Waals surface area contributed by atoms with Crippen molar-refractivity contribution in [1.29, 1.82) is 0 Å². The van der Waals surface area contributed by atoms with Gasteiger partial charge in [0.1, 0.15) is 0 Å². The third-order valence-electron chi connectivity index (χ3n) is 2.42. The van der Waals surface area contributed by atoms with Crippen LogP contribution in [-0.4, -0.2) is 22.4 Å². The minimum atomic E-state index is -0.200. The fourth-order valence-corrected chi connectivity index (χ4v) is 1.66. The zero-order valence-electron chi connectivity index (χ0n) is 10.5. The molecule has 0 saturated carbocycles. The van der Waals surface area contributed by atoms with Gasteiger partial charge in [-0.25, -0.2) is 0 Å². The number of carbonyl (C=O) groups excluding carboxylic acids is 1. The van der Waals surface area contributed by atoms with Crippen LogP contribution in [0.15, 0.2) is 12.4 Å². The summed E-state index contributed by atoms with van der Waals surface area (Å²) in [6.07, 6.45) is 4.59. The van der Waals surface area contributed by atoms with E-state index in [1.54, 1.807) is 13.1 Å². The molecule has 1 unspecified atom stereocenters. The molecule has 0 aliphatic carbocycles. The second-order valence-corrected chi connectivity index (χ2v) is 4.69. The Hall–Kier alpha value is -1.03. The smallest absolute Gasteiger partial charge is 0.305 e. The summed E-state index contributed by atoms with van der Waals surface area (Å²) in [7, 11) is 0. The Morgan fingerprint density at radius 2 is 2.29 bits per heavy atom. The molecule has 0 saturated heterocycles. The summed E-state index contributed by atoms with van der Waals surface area (Å²) in [5.41, 5.74) is 0.949. The lowest BCUT2D eigenvalue weighted by molar-refractivity contribution is -0.143. The molecule has 17 heavy (non-hydrogen) atoms. The van der Waals surface area contributed by atoms with E-state index in [-0.39, 0.29) is 11.3 Å². The lowest BCUT2D eigenvalue weighted by atomic mass is 10.1. The predicted octanol–water partition coefficient (Wildman–Crippen LogP) is 3.09. The largest absolute Gasteiger partial charge is 0.466 e. The summed E-state index contributed by atoms with van der Waals surface area (Å²) in [5, 5.41) is 4.03. The fourth-order valence-electron chi connectivity index (χ4n) is 1.44. The average molecular weight is 259 g/mol. The Bertz CT molecular complexity index is 363. The molecule has 0 fully saturated rings. The highest BCUT2D eigenvalue weighted by atomic mass is 35.5. The number of hydrogen-bond donors (Lipinski definition) is 0. The Morgan fingerprint density at radius 3 is 2.82 bits per heavy atom. The van der Waals surface area contributed by atoms with Crippen LogP contribution in [0.5, 0.6) is 0 Å². The van der Waals surface area contributed by atoms with E-state index in [9.17, 15) is 4.79 Å². The quantitative estimate of drug-likeness (QED) is 0.582. The third kappa shape index (κ3) is 4.38. The van der Waals surface area contributed by atoms with E-state index in [1.165, 1.54) is 0 Å². The number of alkyl halides is 1. The molecule has 5 heteroatoms. The van der Waals surface area contributed by atoms with Crippen molar-refractivity contribution in [2.75, 3.05) is 6.61 Å². The standard InChI is InChI=1S/C12H19ClN2O2/c1-4-17-12(16)6-5-11(13)10-7-14-15(8-10)9(2)3/h7-9,11H,4-6H2,1-3H3. The summed E-state index contributed by atoms with van der Waals surface area (Å²) >= 11 is 6.21. The Labute approximate surface area is 107 Å². The monoisotopic (exact) mass is 258 g/mol. The average Bonchev–Trinajstić information content (AvgIpc) is 2.75. The number of rotatable bonds is 6. The van der Waals surface area contributed by atoms with Gasteiger partial charge < -0.3 is 4.74 Å². The predicted molar refractivity (Wildman–Crippen MR) is 67.1 cm³/mol. The summed E-state index contributed by atoms with van der Waals surface area (Å²) < 4.78 is 6.71. The number of ether oxygens (including phenoxy) is 1. The van der Waals surface area contributed by atoms with Crippen molar-refractivity contribution in [3.8, 4) is 0 Å². The molecule has 1 heterocycles. The van der Waals surface area contributed by atoms with Crippen LogP contribution in [0.1, 0.15) is 50.6 Å². The van der Waals surface area contributed by atoms with Crippen molar-refractivity contribution in [3.63, 3.8) is 0 Å². The maximum atomic E-state index is 11.2. The van der Waals surface area contributed by atoms with Gasteiger partial charge in [-0.2, -0.15) is 5.10 Å². The van der Waals surface area contributed by atoms with Crippen molar-refractivity contribution < 1.29 is 9.53 Å². The molecule has 1 aromatic rings. The maximum Gasteiger partial charge on any atom is 0.305 e. The molecule has 0 aliphatic rings. The second kappa shape index (κ2) is 6.64. The van der Waals surface area contributed by atoms with Crippen LogP contribution in [0.3, 0.4) is 0 Å². The van der Waals surface area contributed by atoms with Crippen LogP contribution in [0.2, 0.25) is 0 Å².